The number of benzene rings is 2. The Kier molecular flexibility index (Phi) is 6.81. The Balaban J connectivity index is 1.66. The van der Waals surface area contributed by atoms with Gasteiger partial charge >= 0.3 is 0 Å². The van der Waals surface area contributed by atoms with E-state index in [1.165, 1.54) is 24.3 Å². The zero-order chi connectivity index (χ0) is 22.6. The van der Waals surface area contributed by atoms with Crippen LogP contribution in [0.5, 0.6) is 11.5 Å². The van der Waals surface area contributed by atoms with Crippen LogP contribution in [0.4, 0.5) is 0 Å². The van der Waals surface area contributed by atoms with Crippen LogP contribution in [0.3, 0.4) is 0 Å². The molecule has 9 nitrogen and oxygen atoms in total. The lowest BCUT2D eigenvalue weighted by atomic mass is 10.0. The van der Waals surface area contributed by atoms with Crippen molar-refractivity contribution >= 4 is 21.8 Å². The first-order valence-electron chi connectivity index (χ1n) is 9.74. The van der Waals surface area contributed by atoms with Crippen molar-refractivity contribution in [1.29, 1.82) is 0 Å². The summed E-state index contributed by atoms with van der Waals surface area (Å²) in [6.07, 6.45) is 0.247. The highest BCUT2D eigenvalue weighted by Crippen LogP contribution is 2.32. The normalized spacial score (nSPS) is 13.7. The Hall–Kier alpha value is -3.11. The molecule has 31 heavy (non-hydrogen) atoms. The molecule has 2 aromatic carbocycles. The second kappa shape index (κ2) is 9.36. The van der Waals surface area contributed by atoms with Gasteiger partial charge < -0.3 is 9.47 Å². The molecule has 2 aromatic rings. The van der Waals surface area contributed by atoms with Gasteiger partial charge in [0.2, 0.25) is 16.8 Å². The second-order valence-corrected chi connectivity index (χ2v) is 9.34. The van der Waals surface area contributed by atoms with Gasteiger partial charge in [0.05, 0.1) is 4.90 Å². The minimum absolute atomic E-state index is 0.0287. The van der Waals surface area contributed by atoms with Gasteiger partial charge in [-0.3, -0.25) is 20.4 Å². The van der Waals surface area contributed by atoms with Crippen LogP contribution in [0, 0.1) is 12.8 Å². The van der Waals surface area contributed by atoms with Crippen molar-refractivity contribution in [2.45, 2.75) is 38.1 Å². The summed E-state index contributed by atoms with van der Waals surface area (Å²) in [4.78, 5) is 25.1. The molecule has 166 valence electrons. The lowest BCUT2D eigenvalue weighted by Gasteiger charge is -2.20. The standard InChI is InChI=1S/C21H25N3O6S/c1-13(2)10-17(24-31(27,28)16-7-4-14(3)5-8-16)21(26)23-22-20(25)15-6-9-18-19(11-15)30-12-29-18/h4-9,11,13,17,24H,10,12H2,1-3H3,(H,22,25)(H,23,26)/t17-/m0/s1. The fourth-order valence-corrected chi connectivity index (χ4v) is 4.18. The minimum Gasteiger partial charge on any atom is -0.454 e. The molecule has 10 heteroatoms. The molecule has 0 saturated heterocycles. The second-order valence-electron chi connectivity index (χ2n) is 7.63. The number of amides is 2. The van der Waals surface area contributed by atoms with E-state index < -0.39 is 27.9 Å². The Bertz CT molecular complexity index is 1070. The first-order valence-corrected chi connectivity index (χ1v) is 11.2. The number of aryl methyl sites for hydroxylation is 1. The van der Waals surface area contributed by atoms with Gasteiger partial charge in [-0.2, -0.15) is 4.72 Å². The number of hydrogen-bond donors (Lipinski definition) is 3. The summed E-state index contributed by atoms with van der Waals surface area (Å²) >= 11 is 0. The summed E-state index contributed by atoms with van der Waals surface area (Å²) in [6, 6.07) is 9.86. The zero-order valence-electron chi connectivity index (χ0n) is 17.5. The highest BCUT2D eigenvalue weighted by atomic mass is 32.2. The molecule has 3 N–H and O–H groups in total. The molecule has 0 aromatic heterocycles. The summed E-state index contributed by atoms with van der Waals surface area (Å²) in [6.45, 7) is 5.66. The van der Waals surface area contributed by atoms with Gasteiger partial charge in [0.25, 0.3) is 11.8 Å². The van der Waals surface area contributed by atoms with E-state index in [2.05, 4.69) is 15.6 Å². The van der Waals surface area contributed by atoms with Crippen molar-refractivity contribution in [3.05, 3.63) is 53.6 Å². The molecule has 3 rings (SSSR count). The molecular formula is C21H25N3O6S. The molecule has 2 amide bonds. The van der Waals surface area contributed by atoms with Crippen LogP contribution in [0.1, 0.15) is 36.2 Å². The molecule has 1 aliphatic heterocycles. The number of hydrazine groups is 1. The predicted molar refractivity (Wildman–Crippen MR) is 113 cm³/mol. The maximum absolute atomic E-state index is 12.7. The number of carbonyl (C=O) groups excluding carboxylic acids is 2. The van der Waals surface area contributed by atoms with E-state index in [0.29, 0.717) is 11.5 Å². The first-order chi connectivity index (χ1) is 14.7. The first kappa shape index (κ1) is 22.6. The van der Waals surface area contributed by atoms with Gasteiger partial charge in [0.15, 0.2) is 11.5 Å². The number of fused-ring (bicyclic) bond motifs is 1. The molecule has 1 atom stereocenters. The fourth-order valence-electron chi connectivity index (χ4n) is 2.97. The average Bonchev–Trinajstić information content (AvgIpc) is 3.19. The van der Waals surface area contributed by atoms with E-state index in [4.69, 9.17) is 9.47 Å². The number of nitrogens with one attached hydrogen (secondary N) is 3. The number of ether oxygens (including phenoxy) is 2. The highest BCUT2D eigenvalue weighted by molar-refractivity contribution is 7.89. The molecule has 0 aliphatic carbocycles. The number of rotatable bonds is 7. The maximum Gasteiger partial charge on any atom is 0.269 e. The Labute approximate surface area is 181 Å². The Morgan fingerprint density at radius 3 is 2.35 bits per heavy atom. The van der Waals surface area contributed by atoms with Crippen molar-refractivity contribution in [3.8, 4) is 11.5 Å². The van der Waals surface area contributed by atoms with Crippen LogP contribution < -0.4 is 25.0 Å². The quantitative estimate of drug-likeness (QED) is 0.557. The van der Waals surface area contributed by atoms with Crippen LogP contribution in [0.25, 0.3) is 0 Å². The number of carbonyl (C=O) groups is 2. The molecule has 1 aliphatic rings. The summed E-state index contributed by atoms with van der Waals surface area (Å²) in [5.41, 5.74) is 5.78. The van der Waals surface area contributed by atoms with E-state index in [1.54, 1.807) is 18.2 Å². The predicted octanol–water partition coefficient (Wildman–Crippen LogP) is 1.88. The average molecular weight is 448 g/mol. The van der Waals surface area contributed by atoms with E-state index in [1.807, 2.05) is 20.8 Å². The number of hydrogen-bond acceptors (Lipinski definition) is 6. The van der Waals surface area contributed by atoms with Crippen LogP contribution in [0.15, 0.2) is 47.4 Å². The molecule has 1 heterocycles. The van der Waals surface area contributed by atoms with Gasteiger partial charge in [-0.05, 0) is 49.6 Å². The minimum atomic E-state index is -3.92. The topological polar surface area (TPSA) is 123 Å². The lowest BCUT2D eigenvalue weighted by Crippen LogP contribution is -2.52. The third-order valence-corrected chi connectivity index (χ3v) is 6.07. The SMILES string of the molecule is Cc1ccc(S(=O)(=O)N[C@@H](CC(C)C)C(=O)NNC(=O)c2ccc3c(c2)OCO3)cc1. The van der Waals surface area contributed by atoms with Crippen molar-refractivity contribution in [3.63, 3.8) is 0 Å². The highest BCUT2D eigenvalue weighted by Gasteiger charge is 2.27. The van der Waals surface area contributed by atoms with E-state index >= 15 is 0 Å². The smallest absolute Gasteiger partial charge is 0.269 e. The van der Waals surface area contributed by atoms with E-state index in [-0.39, 0.29) is 29.6 Å². The Morgan fingerprint density at radius 1 is 1.00 bits per heavy atom. The maximum atomic E-state index is 12.7. The van der Waals surface area contributed by atoms with Crippen molar-refractivity contribution in [1.82, 2.24) is 15.6 Å². The van der Waals surface area contributed by atoms with Crippen LogP contribution >= 0.6 is 0 Å². The molecule has 0 bridgehead atoms. The molecule has 0 fully saturated rings. The van der Waals surface area contributed by atoms with E-state index in [0.717, 1.165) is 5.56 Å². The zero-order valence-corrected chi connectivity index (χ0v) is 18.3. The van der Waals surface area contributed by atoms with Gasteiger partial charge in [-0.1, -0.05) is 31.5 Å². The third kappa shape index (κ3) is 5.74. The summed E-state index contributed by atoms with van der Waals surface area (Å²) < 4.78 is 38.3. The molecule has 0 unspecified atom stereocenters. The molecular weight excluding hydrogens is 422 g/mol. The monoisotopic (exact) mass is 447 g/mol. The lowest BCUT2D eigenvalue weighted by molar-refractivity contribution is -0.123. The Morgan fingerprint density at radius 2 is 1.68 bits per heavy atom. The van der Waals surface area contributed by atoms with Gasteiger partial charge in [-0.15, -0.1) is 0 Å². The molecule has 0 saturated carbocycles. The van der Waals surface area contributed by atoms with Crippen molar-refractivity contribution < 1.29 is 27.5 Å². The summed E-state index contributed by atoms with van der Waals surface area (Å²) in [5.74, 6) is -0.249. The molecule has 0 spiro atoms. The van der Waals surface area contributed by atoms with Crippen LogP contribution in [0.2, 0.25) is 0 Å². The van der Waals surface area contributed by atoms with Gasteiger partial charge in [0, 0.05) is 5.56 Å². The number of sulfonamides is 1. The van der Waals surface area contributed by atoms with Crippen molar-refractivity contribution in [2.24, 2.45) is 5.92 Å². The largest absolute Gasteiger partial charge is 0.454 e. The molecule has 0 radical (unpaired) electrons. The summed E-state index contributed by atoms with van der Waals surface area (Å²) in [5, 5.41) is 0. The third-order valence-electron chi connectivity index (χ3n) is 4.59. The van der Waals surface area contributed by atoms with Crippen LogP contribution in [-0.4, -0.2) is 33.1 Å². The van der Waals surface area contributed by atoms with Crippen molar-refractivity contribution in [2.75, 3.05) is 6.79 Å². The van der Waals surface area contributed by atoms with Gasteiger partial charge in [-0.25, -0.2) is 8.42 Å². The fraction of sp³-hybridized carbons (Fsp3) is 0.333. The van der Waals surface area contributed by atoms with Crippen LogP contribution in [-0.2, 0) is 14.8 Å². The van der Waals surface area contributed by atoms with Gasteiger partial charge in [0.1, 0.15) is 6.04 Å². The van der Waals surface area contributed by atoms with E-state index in [9.17, 15) is 18.0 Å². The summed E-state index contributed by atoms with van der Waals surface area (Å²) in [7, 11) is -3.92.